The molecule has 0 radical (unpaired) electrons. The molecule has 2 N–H and O–H groups in total. The molecule has 0 fully saturated rings. The molecule has 0 aliphatic carbocycles. The fourth-order valence-electron chi connectivity index (χ4n) is 1.84. The maximum absolute atomic E-state index is 13.2. The van der Waals surface area contributed by atoms with E-state index in [1.54, 1.807) is 18.2 Å². The third kappa shape index (κ3) is 4.03. The molecular formula is C15H9Cl3FN5. The second kappa shape index (κ2) is 7.17. The Hall–Kier alpha value is -2.15. The highest BCUT2D eigenvalue weighted by Crippen LogP contribution is 2.26. The molecule has 24 heavy (non-hydrogen) atoms. The number of anilines is 4. The smallest absolute Gasteiger partial charge is 0.249 e. The van der Waals surface area contributed by atoms with Crippen LogP contribution in [0.15, 0.2) is 42.6 Å². The van der Waals surface area contributed by atoms with Gasteiger partial charge in [0.15, 0.2) is 5.82 Å². The van der Waals surface area contributed by atoms with Gasteiger partial charge < -0.3 is 10.6 Å². The molecule has 0 amide bonds. The van der Waals surface area contributed by atoms with E-state index in [1.165, 1.54) is 24.4 Å². The molecule has 0 saturated heterocycles. The second-order valence-corrected chi connectivity index (χ2v) is 5.89. The van der Waals surface area contributed by atoms with E-state index >= 15 is 0 Å². The van der Waals surface area contributed by atoms with Crippen molar-refractivity contribution in [3.05, 3.63) is 63.5 Å². The third-order valence-corrected chi connectivity index (χ3v) is 3.96. The van der Waals surface area contributed by atoms with Gasteiger partial charge in [0.25, 0.3) is 0 Å². The highest BCUT2D eigenvalue weighted by Gasteiger charge is 2.06. The topological polar surface area (TPSA) is 62.7 Å². The fraction of sp³-hybridized carbons (Fsp3) is 0. The van der Waals surface area contributed by atoms with Crippen LogP contribution in [0.25, 0.3) is 0 Å². The Morgan fingerprint density at radius 2 is 1.54 bits per heavy atom. The molecule has 0 bridgehead atoms. The van der Waals surface area contributed by atoms with E-state index in [4.69, 9.17) is 34.8 Å². The monoisotopic (exact) mass is 383 g/mol. The first-order chi connectivity index (χ1) is 11.5. The Balaban J connectivity index is 1.78. The predicted molar refractivity (Wildman–Crippen MR) is 94.3 cm³/mol. The van der Waals surface area contributed by atoms with Gasteiger partial charge in [-0.05, 0) is 36.4 Å². The zero-order valence-corrected chi connectivity index (χ0v) is 14.2. The summed E-state index contributed by atoms with van der Waals surface area (Å²) in [4.78, 5) is 4.26. The van der Waals surface area contributed by atoms with Crippen LogP contribution in [-0.2, 0) is 0 Å². The van der Waals surface area contributed by atoms with Gasteiger partial charge in [0.1, 0.15) is 5.82 Å². The van der Waals surface area contributed by atoms with E-state index in [9.17, 15) is 4.39 Å². The third-order valence-electron chi connectivity index (χ3n) is 2.93. The van der Waals surface area contributed by atoms with Crippen molar-refractivity contribution in [2.75, 3.05) is 10.6 Å². The van der Waals surface area contributed by atoms with Crippen molar-refractivity contribution in [1.82, 2.24) is 15.2 Å². The molecule has 5 nitrogen and oxygen atoms in total. The SMILES string of the molecule is Fc1ccc(Nc2cnnc(Nc3ccc(Cl)c(Cl)c3)n2)cc1Cl. The highest BCUT2D eigenvalue weighted by atomic mass is 35.5. The van der Waals surface area contributed by atoms with Crippen LogP contribution in [0.5, 0.6) is 0 Å². The van der Waals surface area contributed by atoms with Crippen LogP contribution in [-0.4, -0.2) is 15.2 Å². The Bertz CT molecular complexity index is 822. The van der Waals surface area contributed by atoms with Gasteiger partial charge in [-0.25, -0.2) is 4.39 Å². The minimum absolute atomic E-state index is 0.0103. The number of nitrogens with zero attached hydrogens (tertiary/aromatic N) is 3. The average Bonchev–Trinajstić information content (AvgIpc) is 2.55. The van der Waals surface area contributed by atoms with Gasteiger partial charge in [0.2, 0.25) is 5.95 Å². The molecule has 1 heterocycles. The predicted octanol–water partition coefficient (Wildman–Crippen LogP) is 5.46. The molecule has 3 rings (SSSR count). The fourth-order valence-corrected chi connectivity index (χ4v) is 2.32. The van der Waals surface area contributed by atoms with Gasteiger partial charge in [-0.1, -0.05) is 34.8 Å². The van der Waals surface area contributed by atoms with E-state index in [0.29, 0.717) is 27.2 Å². The summed E-state index contributed by atoms with van der Waals surface area (Å²) in [5.74, 6) is 0.173. The molecule has 122 valence electrons. The molecule has 0 atom stereocenters. The van der Waals surface area contributed by atoms with Crippen LogP contribution < -0.4 is 10.6 Å². The van der Waals surface area contributed by atoms with Crippen LogP contribution in [0, 0.1) is 5.82 Å². The number of benzene rings is 2. The zero-order valence-electron chi connectivity index (χ0n) is 11.9. The normalized spacial score (nSPS) is 10.5. The van der Waals surface area contributed by atoms with Crippen molar-refractivity contribution in [3.63, 3.8) is 0 Å². The van der Waals surface area contributed by atoms with Crippen LogP contribution in [0.3, 0.4) is 0 Å². The van der Waals surface area contributed by atoms with Crippen molar-refractivity contribution in [3.8, 4) is 0 Å². The van der Waals surface area contributed by atoms with E-state index < -0.39 is 5.82 Å². The minimum atomic E-state index is -0.495. The summed E-state index contributed by atoms with van der Waals surface area (Å²) in [6.45, 7) is 0. The highest BCUT2D eigenvalue weighted by molar-refractivity contribution is 6.42. The maximum atomic E-state index is 13.2. The number of rotatable bonds is 4. The zero-order chi connectivity index (χ0) is 17.1. The molecule has 0 spiro atoms. The minimum Gasteiger partial charge on any atom is -0.339 e. The summed E-state index contributed by atoms with van der Waals surface area (Å²) in [6, 6.07) is 9.28. The molecule has 1 aromatic heterocycles. The summed E-state index contributed by atoms with van der Waals surface area (Å²) in [5, 5.41) is 14.5. The van der Waals surface area contributed by atoms with E-state index in [-0.39, 0.29) is 11.0 Å². The van der Waals surface area contributed by atoms with Crippen molar-refractivity contribution in [2.45, 2.75) is 0 Å². The number of nitrogens with one attached hydrogen (secondary N) is 2. The Kier molecular flexibility index (Phi) is 4.99. The summed E-state index contributed by atoms with van der Waals surface area (Å²) < 4.78 is 13.2. The van der Waals surface area contributed by atoms with Gasteiger partial charge in [0, 0.05) is 11.4 Å². The van der Waals surface area contributed by atoms with Crippen molar-refractivity contribution < 1.29 is 4.39 Å². The summed E-state index contributed by atoms with van der Waals surface area (Å²) in [7, 11) is 0. The van der Waals surface area contributed by atoms with Crippen molar-refractivity contribution in [1.29, 1.82) is 0 Å². The number of halogens is 4. The lowest BCUT2D eigenvalue weighted by Gasteiger charge is -2.08. The Labute approximate surface area is 151 Å². The second-order valence-electron chi connectivity index (χ2n) is 4.67. The van der Waals surface area contributed by atoms with Gasteiger partial charge in [-0.15, -0.1) is 5.10 Å². The summed E-state index contributed by atoms with van der Waals surface area (Å²) >= 11 is 17.6. The lowest BCUT2D eigenvalue weighted by molar-refractivity contribution is 0.628. The Morgan fingerprint density at radius 1 is 0.833 bits per heavy atom. The Morgan fingerprint density at radius 3 is 2.29 bits per heavy atom. The number of hydrogen-bond donors (Lipinski definition) is 2. The quantitative estimate of drug-likeness (QED) is 0.625. The summed E-state index contributed by atoms with van der Waals surface area (Å²) in [6.07, 6.45) is 1.43. The number of hydrogen-bond acceptors (Lipinski definition) is 5. The molecule has 0 aliphatic rings. The molecular weight excluding hydrogens is 376 g/mol. The maximum Gasteiger partial charge on any atom is 0.249 e. The molecule has 2 aromatic carbocycles. The molecule has 0 saturated carbocycles. The molecule has 0 aliphatic heterocycles. The van der Waals surface area contributed by atoms with Gasteiger partial charge in [-0.3, -0.25) is 0 Å². The van der Waals surface area contributed by atoms with Gasteiger partial charge >= 0.3 is 0 Å². The van der Waals surface area contributed by atoms with Crippen LogP contribution in [0.2, 0.25) is 15.1 Å². The molecule has 0 unspecified atom stereocenters. The first kappa shape index (κ1) is 16.7. The van der Waals surface area contributed by atoms with E-state index in [2.05, 4.69) is 25.8 Å². The van der Waals surface area contributed by atoms with Crippen molar-refractivity contribution in [2.24, 2.45) is 0 Å². The summed E-state index contributed by atoms with van der Waals surface area (Å²) in [5.41, 5.74) is 1.23. The van der Waals surface area contributed by atoms with Crippen molar-refractivity contribution >= 4 is 57.9 Å². The van der Waals surface area contributed by atoms with Gasteiger partial charge in [-0.2, -0.15) is 10.1 Å². The van der Waals surface area contributed by atoms with E-state index in [1.807, 2.05) is 0 Å². The molecule has 9 heteroatoms. The molecule has 3 aromatic rings. The van der Waals surface area contributed by atoms with Gasteiger partial charge in [0.05, 0.1) is 21.3 Å². The first-order valence-corrected chi connectivity index (χ1v) is 7.78. The van der Waals surface area contributed by atoms with E-state index in [0.717, 1.165) is 0 Å². The standard InChI is InChI=1S/C15H9Cl3FN5/c16-10-3-1-9(5-11(10)17)22-15-23-14(7-20-24-15)21-8-2-4-13(19)12(18)6-8/h1-7H,(H2,21,22,23,24). The lowest BCUT2D eigenvalue weighted by atomic mass is 10.3. The van der Waals surface area contributed by atoms with Crippen LogP contribution in [0.4, 0.5) is 27.5 Å². The first-order valence-electron chi connectivity index (χ1n) is 6.65. The lowest BCUT2D eigenvalue weighted by Crippen LogP contribution is -2.02. The van der Waals surface area contributed by atoms with Crippen LogP contribution >= 0.6 is 34.8 Å². The van der Waals surface area contributed by atoms with Crippen LogP contribution in [0.1, 0.15) is 0 Å². The largest absolute Gasteiger partial charge is 0.339 e. The number of aromatic nitrogens is 3. The average molecular weight is 385 g/mol.